The second-order valence-corrected chi connectivity index (χ2v) is 4.80. The van der Waals surface area contributed by atoms with Crippen molar-refractivity contribution >= 4 is 11.4 Å². The normalized spacial score (nSPS) is 17.1. The van der Waals surface area contributed by atoms with Crippen LogP contribution in [0.2, 0.25) is 0 Å². The highest BCUT2D eigenvalue weighted by Gasteiger charge is 2.10. The maximum absolute atomic E-state index is 10.1. The molecule has 0 spiro atoms. The lowest BCUT2D eigenvalue weighted by atomic mass is 9.94. The van der Waals surface area contributed by atoms with Crippen LogP contribution in [0.3, 0.4) is 0 Å². The van der Waals surface area contributed by atoms with Crippen LogP contribution in [0.5, 0.6) is 5.75 Å². The van der Waals surface area contributed by atoms with Crippen molar-refractivity contribution in [2.45, 2.75) is 19.8 Å². The van der Waals surface area contributed by atoms with E-state index < -0.39 is 0 Å². The molecule has 3 heteroatoms. The quantitative estimate of drug-likeness (QED) is 0.570. The Morgan fingerprint density at radius 2 is 2.16 bits per heavy atom. The van der Waals surface area contributed by atoms with Crippen LogP contribution in [-0.4, -0.2) is 10.2 Å². The average molecular weight is 257 g/mol. The number of aliphatic hydroxyl groups excluding tert-OH is 1. The smallest absolute Gasteiger partial charge is 0.121 e. The minimum absolute atomic E-state index is 0.0972. The van der Waals surface area contributed by atoms with Gasteiger partial charge in [-0.25, -0.2) is 0 Å². The highest BCUT2D eigenvalue weighted by atomic mass is 16.3. The van der Waals surface area contributed by atoms with Crippen molar-refractivity contribution in [1.82, 2.24) is 0 Å². The summed E-state index contributed by atoms with van der Waals surface area (Å²) in [5.41, 5.74) is 7.91. The van der Waals surface area contributed by atoms with Gasteiger partial charge in [0.25, 0.3) is 0 Å². The fourth-order valence-corrected chi connectivity index (χ4v) is 2.18. The standard InChI is InChI=1S/C16H19NO2/c1-11(12-5-3-2-4-6-12)9-16(19)14-8-7-13(18)10-15(14)17/h3,5-11,18-19H,2,4,17H2,1H3/b16-9+. The van der Waals surface area contributed by atoms with E-state index in [4.69, 9.17) is 5.73 Å². The molecule has 1 aliphatic carbocycles. The highest BCUT2D eigenvalue weighted by molar-refractivity contribution is 5.71. The molecule has 0 radical (unpaired) electrons. The van der Waals surface area contributed by atoms with Gasteiger partial charge in [-0.2, -0.15) is 0 Å². The third-order valence-corrected chi connectivity index (χ3v) is 3.27. The maximum Gasteiger partial charge on any atom is 0.121 e. The van der Waals surface area contributed by atoms with Gasteiger partial charge < -0.3 is 15.9 Å². The number of nitrogen functional groups attached to an aromatic ring is 1. The molecule has 0 aromatic heterocycles. The van der Waals surface area contributed by atoms with Gasteiger partial charge in [0.1, 0.15) is 11.5 Å². The molecule has 19 heavy (non-hydrogen) atoms. The second-order valence-electron chi connectivity index (χ2n) is 4.80. The van der Waals surface area contributed by atoms with Crippen LogP contribution < -0.4 is 5.73 Å². The van der Waals surface area contributed by atoms with Gasteiger partial charge in [-0.1, -0.05) is 25.2 Å². The highest BCUT2D eigenvalue weighted by Crippen LogP contribution is 2.27. The summed E-state index contributed by atoms with van der Waals surface area (Å²) in [4.78, 5) is 0. The number of anilines is 1. The maximum atomic E-state index is 10.1. The van der Waals surface area contributed by atoms with Crippen LogP contribution in [0.4, 0.5) is 5.69 Å². The van der Waals surface area contributed by atoms with Gasteiger partial charge in [0.05, 0.1) is 0 Å². The van der Waals surface area contributed by atoms with Crippen molar-refractivity contribution in [3.05, 3.63) is 53.6 Å². The number of rotatable bonds is 3. The van der Waals surface area contributed by atoms with Crippen LogP contribution >= 0.6 is 0 Å². The van der Waals surface area contributed by atoms with E-state index >= 15 is 0 Å². The lowest BCUT2D eigenvalue weighted by molar-refractivity contribution is 0.475. The third-order valence-electron chi connectivity index (χ3n) is 3.27. The number of benzene rings is 1. The molecule has 0 amide bonds. The molecule has 0 bridgehead atoms. The predicted molar refractivity (Wildman–Crippen MR) is 78.7 cm³/mol. The fraction of sp³-hybridized carbons (Fsp3) is 0.250. The molecule has 1 unspecified atom stereocenters. The Kier molecular flexibility index (Phi) is 3.95. The molecule has 3 nitrogen and oxygen atoms in total. The molecule has 1 aromatic carbocycles. The van der Waals surface area contributed by atoms with Crippen LogP contribution in [0.25, 0.3) is 5.76 Å². The van der Waals surface area contributed by atoms with Crippen LogP contribution in [0.1, 0.15) is 25.3 Å². The summed E-state index contributed by atoms with van der Waals surface area (Å²) in [6.45, 7) is 2.04. The van der Waals surface area contributed by atoms with Crippen molar-refractivity contribution in [3.63, 3.8) is 0 Å². The van der Waals surface area contributed by atoms with Gasteiger partial charge in [0.2, 0.25) is 0 Å². The minimum atomic E-state index is 0.0972. The van der Waals surface area contributed by atoms with Crippen molar-refractivity contribution < 1.29 is 10.2 Å². The molecular formula is C16H19NO2. The summed E-state index contributed by atoms with van der Waals surface area (Å²) in [6, 6.07) is 4.57. The molecule has 1 atom stereocenters. The third kappa shape index (κ3) is 3.19. The van der Waals surface area contributed by atoms with E-state index in [1.165, 1.54) is 17.7 Å². The number of aliphatic hydroxyl groups is 1. The first-order valence-corrected chi connectivity index (χ1v) is 6.44. The molecular weight excluding hydrogens is 238 g/mol. The first-order chi connectivity index (χ1) is 9.08. The number of allylic oxidation sites excluding steroid dienone is 5. The monoisotopic (exact) mass is 257 g/mol. The summed E-state index contributed by atoms with van der Waals surface area (Å²) in [5, 5.41) is 19.4. The van der Waals surface area contributed by atoms with E-state index in [-0.39, 0.29) is 17.4 Å². The number of hydrogen-bond donors (Lipinski definition) is 3. The van der Waals surface area contributed by atoms with Gasteiger partial charge in [-0.3, -0.25) is 0 Å². The average Bonchev–Trinajstić information content (AvgIpc) is 2.39. The number of nitrogens with two attached hydrogens (primary N) is 1. The van der Waals surface area contributed by atoms with E-state index in [1.807, 2.05) is 6.92 Å². The zero-order chi connectivity index (χ0) is 13.8. The predicted octanol–water partition coefficient (Wildman–Crippen LogP) is 3.79. The Hall–Kier alpha value is -2.16. The summed E-state index contributed by atoms with van der Waals surface area (Å²) in [7, 11) is 0. The summed E-state index contributed by atoms with van der Waals surface area (Å²) in [6.07, 6.45) is 10.3. The zero-order valence-corrected chi connectivity index (χ0v) is 11.0. The summed E-state index contributed by atoms with van der Waals surface area (Å²) < 4.78 is 0. The van der Waals surface area contributed by atoms with Gasteiger partial charge in [0, 0.05) is 23.2 Å². The van der Waals surface area contributed by atoms with Gasteiger partial charge >= 0.3 is 0 Å². The van der Waals surface area contributed by atoms with E-state index in [0.29, 0.717) is 11.3 Å². The van der Waals surface area contributed by atoms with Gasteiger partial charge in [-0.05, 0) is 36.6 Å². The molecule has 0 saturated carbocycles. The SMILES string of the molecule is CC(/C=C(/O)c1ccc(O)cc1N)C1=CCCC=C1. The van der Waals surface area contributed by atoms with Crippen molar-refractivity contribution in [3.8, 4) is 5.75 Å². The van der Waals surface area contributed by atoms with Gasteiger partial charge in [0.15, 0.2) is 0 Å². The van der Waals surface area contributed by atoms with E-state index in [2.05, 4.69) is 18.2 Å². The topological polar surface area (TPSA) is 66.5 Å². The van der Waals surface area contributed by atoms with Crippen molar-refractivity contribution in [2.75, 3.05) is 5.73 Å². The Morgan fingerprint density at radius 3 is 2.79 bits per heavy atom. The van der Waals surface area contributed by atoms with E-state index in [1.54, 1.807) is 12.1 Å². The molecule has 1 aliphatic rings. The first-order valence-electron chi connectivity index (χ1n) is 6.44. The molecule has 0 aliphatic heterocycles. The van der Waals surface area contributed by atoms with Crippen LogP contribution in [0, 0.1) is 5.92 Å². The van der Waals surface area contributed by atoms with Crippen molar-refractivity contribution in [1.29, 1.82) is 0 Å². The Labute approximate surface area is 113 Å². The molecule has 0 heterocycles. The zero-order valence-electron chi connectivity index (χ0n) is 11.0. The number of hydrogen-bond acceptors (Lipinski definition) is 3. The fourth-order valence-electron chi connectivity index (χ4n) is 2.18. The largest absolute Gasteiger partial charge is 0.508 e. The number of phenolic OH excluding ortho intramolecular Hbond substituents is 1. The first kappa shape index (κ1) is 13.3. The Bertz CT molecular complexity index is 556. The molecule has 1 aromatic rings. The van der Waals surface area contributed by atoms with Gasteiger partial charge in [-0.15, -0.1) is 0 Å². The summed E-state index contributed by atoms with van der Waals surface area (Å²) >= 11 is 0. The molecule has 4 N–H and O–H groups in total. The Balaban J connectivity index is 2.22. The molecule has 100 valence electrons. The number of phenols is 1. The minimum Gasteiger partial charge on any atom is -0.508 e. The molecule has 0 saturated heterocycles. The van der Waals surface area contributed by atoms with Crippen LogP contribution in [0.15, 0.2) is 48.1 Å². The van der Waals surface area contributed by atoms with Crippen molar-refractivity contribution in [2.24, 2.45) is 5.92 Å². The molecule has 0 fully saturated rings. The van der Waals surface area contributed by atoms with E-state index in [0.717, 1.165) is 12.8 Å². The summed E-state index contributed by atoms with van der Waals surface area (Å²) in [5.74, 6) is 0.370. The van der Waals surface area contributed by atoms with Crippen LogP contribution in [-0.2, 0) is 0 Å². The lowest BCUT2D eigenvalue weighted by Crippen LogP contribution is -1.99. The second kappa shape index (κ2) is 5.65. The Morgan fingerprint density at radius 1 is 1.37 bits per heavy atom. The lowest BCUT2D eigenvalue weighted by Gasteiger charge is -2.13. The number of aromatic hydroxyl groups is 1. The van der Waals surface area contributed by atoms with E-state index in [9.17, 15) is 10.2 Å². The molecule has 2 rings (SSSR count).